The van der Waals surface area contributed by atoms with E-state index in [2.05, 4.69) is 12.2 Å². The molecular weight excluding hydrogens is 374 g/mol. The molecule has 0 radical (unpaired) electrons. The molecule has 2 aromatic carbocycles. The summed E-state index contributed by atoms with van der Waals surface area (Å²) in [5.41, 5.74) is 3.71. The van der Waals surface area contributed by atoms with Gasteiger partial charge in [0.25, 0.3) is 5.91 Å². The van der Waals surface area contributed by atoms with Crippen LogP contribution in [0.1, 0.15) is 29.4 Å². The number of carbonyl (C=O) groups excluding carboxylic acids is 1. The van der Waals surface area contributed by atoms with Crippen LogP contribution in [0.5, 0.6) is 5.75 Å². The Bertz CT molecular complexity index is 1020. The van der Waals surface area contributed by atoms with Crippen molar-refractivity contribution in [2.24, 2.45) is 0 Å². The molecule has 1 N–H and O–H groups in total. The van der Waals surface area contributed by atoms with E-state index < -0.39 is 0 Å². The first-order chi connectivity index (χ1) is 13.5. The fourth-order valence-corrected chi connectivity index (χ4v) is 3.81. The predicted molar refractivity (Wildman–Crippen MR) is 114 cm³/mol. The van der Waals surface area contributed by atoms with Gasteiger partial charge in [-0.1, -0.05) is 30.7 Å². The first-order valence-electron chi connectivity index (χ1n) is 9.50. The summed E-state index contributed by atoms with van der Waals surface area (Å²) < 4.78 is 8.09. The Balaban J connectivity index is 1.60. The molecule has 0 aliphatic carbocycles. The van der Waals surface area contributed by atoms with Gasteiger partial charge in [-0.15, -0.1) is 0 Å². The maximum Gasteiger partial charge on any atom is 0.268 e. The van der Waals surface area contributed by atoms with E-state index in [1.54, 1.807) is 0 Å². The number of hydrogen-bond acceptors (Lipinski definition) is 3. The number of amides is 1. The second-order valence-corrected chi connectivity index (χ2v) is 7.75. The number of carbonyl (C=O) groups is 1. The standard InChI is InChI=1S/C22H24ClN3O2/c1-4-16-13-26-19(11-17-18(23)9-10-20(28-16)21(17)26)22(27)24-12-14-5-7-15(8-6-14)25(2)3/h5-11,16H,4,12-13H2,1-3H3,(H,24,27). The highest BCUT2D eigenvalue weighted by molar-refractivity contribution is 6.36. The quantitative estimate of drug-likeness (QED) is 0.691. The largest absolute Gasteiger partial charge is 0.486 e. The van der Waals surface area contributed by atoms with Crippen LogP contribution in [0.4, 0.5) is 5.69 Å². The van der Waals surface area contributed by atoms with Crippen LogP contribution in [-0.4, -0.2) is 30.7 Å². The molecule has 0 spiro atoms. The van der Waals surface area contributed by atoms with Crippen molar-refractivity contribution in [3.63, 3.8) is 0 Å². The van der Waals surface area contributed by atoms with E-state index in [9.17, 15) is 4.79 Å². The van der Waals surface area contributed by atoms with Crippen molar-refractivity contribution in [2.75, 3.05) is 19.0 Å². The maximum atomic E-state index is 13.0. The first-order valence-corrected chi connectivity index (χ1v) is 9.88. The zero-order valence-electron chi connectivity index (χ0n) is 16.3. The Morgan fingerprint density at radius 3 is 2.68 bits per heavy atom. The molecule has 6 heteroatoms. The van der Waals surface area contributed by atoms with E-state index in [-0.39, 0.29) is 12.0 Å². The Morgan fingerprint density at radius 2 is 2.00 bits per heavy atom. The zero-order valence-corrected chi connectivity index (χ0v) is 17.1. The number of hydrogen-bond donors (Lipinski definition) is 1. The predicted octanol–water partition coefficient (Wildman–Crippen LogP) is 4.46. The molecule has 0 saturated carbocycles. The Kier molecular flexibility index (Phi) is 4.94. The second kappa shape index (κ2) is 7.40. The fraction of sp³-hybridized carbons (Fsp3) is 0.318. The van der Waals surface area contributed by atoms with Gasteiger partial charge in [-0.2, -0.15) is 0 Å². The van der Waals surface area contributed by atoms with Gasteiger partial charge in [0.05, 0.1) is 17.1 Å². The van der Waals surface area contributed by atoms with E-state index in [4.69, 9.17) is 16.3 Å². The number of nitrogens with zero attached hydrogens (tertiary/aromatic N) is 2. The van der Waals surface area contributed by atoms with Crippen molar-refractivity contribution in [2.45, 2.75) is 32.5 Å². The van der Waals surface area contributed by atoms with Gasteiger partial charge < -0.3 is 19.5 Å². The lowest BCUT2D eigenvalue weighted by Crippen LogP contribution is -2.31. The van der Waals surface area contributed by atoms with E-state index in [0.717, 1.165) is 34.3 Å². The van der Waals surface area contributed by atoms with Gasteiger partial charge in [-0.05, 0) is 42.3 Å². The summed E-state index contributed by atoms with van der Waals surface area (Å²) >= 11 is 6.38. The summed E-state index contributed by atoms with van der Waals surface area (Å²) in [6, 6.07) is 13.7. The van der Waals surface area contributed by atoms with Gasteiger partial charge >= 0.3 is 0 Å². The highest BCUT2D eigenvalue weighted by atomic mass is 35.5. The van der Waals surface area contributed by atoms with Crippen molar-refractivity contribution in [1.29, 1.82) is 0 Å². The maximum absolute atomic E-state index is 13.0. The topological polar surface area (TPSA) is 46.5 Å². The molecule has 1 aromatic heterocycles. The zero-order chi connectivity index (χ0) is 19.8. The van der Waals surface area contributed by atoms with Crippen LogP contribution in [-0.2, 0) is 13.1 Å². The van der Waals surface area contributed by atoms with E-state index in [0.29, 0.717) is 23.8 Å². The summed E-state index contributed by atoms with van der Waals surface area (Å²) in [4.78, 5) is 15.0. The third kappa shape index (κ3) is 3.31. The van der Waals surface area contributed by atoms with Gasteiger partial charge in [0.1, 0.15) is 17.5 Å². The van der Waals surface area contributed by atoms with Gasteiger partial charge in [-0.3, -0.25) is 4.79 Å². The minimum atomic E-state index is -0.105. The third-order valence-electron chi connectivity index (χ3n) is 5.24. The smallest absolute Gasteiger partial charge is 0.268 e. The lowest BCUT2D eigenvalue weighted by Gasteiger charge is -2.26. The van der Waals surface area contributed by atoms with Crippen LogP contribution in [0.15, 0.2) is 42.5 Å². The van der Waals surface area contributed by atoms with Crippen LogP contribution < -0.4 is 15.0 Å². The van der Waals surface area contributed by atoms with Crippen molar-refractivity contribution < 1.29 is 9.53 Å². The molecule has 28 heavy (non-hydrogen) atoms. The van der Waals surface area contributed by atoms with Gasteiger partial charge in [0.2, 0.25) is 0 Å². The van der Waals surface area contributed by atoms with E-state index >= 15 is 0 Å². The molecule has 1 atom stereocenters. The molecular formula is C22H24ClN3O2. The van der Waals surface area contributed by atoms with E-state index in [1.165, 1.54) is 0 Å². The number of anilines is 1. The highest BCUT2D eigenvalue weighted by Crippen LogP contribution is 2.38. The average Bonchev–Trinajstić information content (AvgIpc) is 3.10. The number of halogens is 1. The summed E-state index contributed by atoms with van der Waals surface area (Å²) in [5.74, 6) is 0.683. The Hall–Kier alpha value is -2.66. The van der Waals surface area contributed by atoms with Crippen molar-refractivity contribution in [3.05, 3.63) is 58.7 Å². The SMILES string of the molecule is CCC1Cn2c(C(=O)NCc3ccc(N(C)C)cc3)cc3c(Cl)ccc(c32)O1. The van der Waals surface area contributed by atoms with Gasteiger partial charge in [-0.25, -0.2) is 0 Å². The monoisotopic (exact) mass is 397 g/mol. The van der Waals surface area contributed by atoms with Crippen LogP contribution in [0, 0.1) is 0 Å². The average molecular weight is 398 g/mol. The molecule has 3 aromatic rings. The fourth-order valence-electron chi connectivity index (χ4n) is 3.60. The summed E-state index contributed by atoms with van der Waals surface area (Å²) in [6.45, 7) is 3.21. The second-order valence-electron chi connectivity index (χ2n) is 7.34. The Labute approximate surface area is 169 Å². The summed E-state index contributed by atoms with van der Waals surface area (Å²) in [5, 5.41) is 4.52. The molecule has 2 heterocycles. The molecule has 0 fully saturated rings. The minimum Gasteiger partial charge on any atom is -0.486 e. The molecule has 0 bridgehead atoms. The molecule has 1 unspecified atom stereocenters. The molecule has 1 amide bonds. The van der Waals surface area contributed by atoms with Crippen LogP contribution in [0.25, 0.3) is 10.9 Å². The number of ether oxygens (including phenoxy) is 1. The summed E-state index contributed by atoms with van der Waals surface area (Å²) in [6.07, 6.45) is 0.926. The normalized spacial score (nSPS) is 15.4. The number of rotatable bonds is 5. The first kappa shape index (κ1) is 18.7. The van der Waals surface area contributed by atoms with Crippen molar-refractivity contribution >= 4 is 34.1 Å². The third-order valence-corrected chi connectivity index (χ3v) is 5.57. The molecule has 0 saturated heterocycles. The molecule has 146 valence electrons. The van der Waals surface area contributed by atoms with Gasteiger partial charge in [0.15, 0.2) is 0 Å². The molecule has 1 aliphatic rings. The van der Waals surface area contributed by atoms with E-state index in [1.807, 2.05) is 66.0 Å². The number of aromatic nitrogens is 1. The summed E-state index contributed by atoms with van der Waals surface area (Å²) in [7, 11) is 4.01. The molecule has 5 nitrogen and oxygen atoms in total. The Morgan fingerprint density at radius 1 is 1.25 bits per heavy atom. The van der Waals surface area contributed by atoms with Crippen LogP contribution in [0.3, 0.4) is 0 Å². The van der Waals surface area contributed by atoms with Crippen LogP contribution in [0.2, 0.25) is 5.02 Å². The van der Waals surface area contributed by atoms with Crippen molar-refractivity contribution in [1.82, 2.24) is 9.88 Å². The van der Waals surface area contributed by atoms with Gasteiger partial charge in [0, 0.05) is 31.7 Å². The number of nitrogens with one attached hydrogen (secondary N) is 1. The number of benzene rings is 2. The lowest BCUT2D eigenvalue weighted by molar-refractivity contribution is 0.0935. The van der Waals surface area contributed by atoms with Crippen LogP contribution >= 0.6 is 11.6 Å². The lowest BCUT2D eigenvalue weighted by atomic mass is 10.2. The van der Waals surface area contributed by atoms with Crippen molar-refractivity contribution in [3.8, 4) is 5.75 Å². The molecule has 4 rings (SSSR count). The molecule has 1 aliphatic heterocycles. The minimum absolute atomic E-state index is 0.0504. The highest BCUT2D eigenvalue weighted by Gasteiger charge is 2.26.